The second kappa shape index (κ2) is 8.13. The molecular weight excluding hydrogens is 330 g/mol. The lowest BCUT2D eigenvalue weighted by atomic mass is 9.55. The average molecular weight is 366 g/mol. The fraction of sp³-hybridized carbons (Fsp3) is 0.895. The van der Waals surface area contributed by atoms with Gasteiger partial charge in [-0.1, -0.05) is 13.8 Å². The summed E-state index contributed by atoms with van der Waals surface area (Å²) in [5, 5.41) is 9.96. The fourth-order valence-corrected chi connectivity index (χ4v) is 4.84. The van der Waals surface area contributed by atoms with Gasteiger partial charge >= 0.3 is 0 Å². The summed E-state index contributed by atoms with van der Waals surface area (Å²) in [5.74, 6) is 1.58. The number of hydrogen-bond donors (Lipinski definition) is 3. The molecule has 7 nitrogen and oxygen atoms in total. The van der Waals surface area contributed by atoms with E-state index in [4.69, 9.17) is 4.74 Å². The van der Waals surface area contributed by atoms with Crippen LogP contribution in [0.25, 0.3) is 0 Å². The highest BCUT2D eigenvalue weighted by atomic mass is 16.5. The molecule has 0 aromatic carbocycles. The number of carbonyl (C=O) groups excluding carboxylic acids is 1. The summed E-state index contributed by atoms with van der Waals surface area (Å²) < 4.78 is 6.00. The van der Waals surface area contributed by atoms with Crippen molar-refractivity contribution in [2.24, 2.45) is 16.3 Å². The van der Waals surface area contributed by atoms with E-state index in [1.54, 1.807) is 7.05 Å². The molecule has 1 aliphatic carbocycles. The van der Waals surface area contributed by atoms with E-state index in [-0.39, 0.29) is 11.3 Å². The van der Waals surface area contributed by atoms with Gasteiger partial charge in [0.2, 0.25) is 5.91 Å². The number of likely N-dealkylation sites (tertiary alicyclic amines) is 1. The second-order valence-electron chi connectivity index (χ2n) is 8.48. The van der Waals surface area contributed by atoms with Crippen LogP contribution in [0.2, 0.25) is 0 Å². The van der Waals surface area contributed by atoms with E-state index in [1.165, 1.54) is 6.42 Å². The van der Waals surface area contributed by atoms with Crippen molar-refractivity contribution in [1.29, 1.82) is 0 Å². The van der Waals surface area contributed by atoms with Crippen LogP contribution in [0.5, 0.6) is 0 Å². The van der Waals surface area contributed by atoms with Crippen LogP contribution in [0, 0.1) is 11.3 Å². The average Bonchev–Trinajstić information content (AvgIpc) is 2.66. The lowest BCUT2D eigenvalue weighted by molar-refractivity contribution is -0.188. The van der Waals surface area contributed by atoms with Crippen molar-refractivity contribution in [1.82, 2.24) is 20.9 Å². The summed E-state index contributed by atoms with van der Waals surface area (Å²) in [6, 6.07) is 0.816. The number of ether oxygens (including phenoxy) is 1. The number of carbonyl (C=O) groups is 1. The van der Waals surface area contributed by atoms with Gasteiger partial charge in [0.25, 0.3) is 0 Å². The van der Waals surface area contributed by atoms with Crippen molar-refractivity contribution in [2.45, 2.75) is 57.7 Å². The standard InChI is InChI=1S/C19H35N5O2/c1-19(2)16(14-6-5-11-26-17(14)19)23-18(21-4)22-13-7-9-24(10-8-13)12-15(25)20-3/h13-14,16-17H,5-12H2,1-4H3,(H,20,25)(H2,21,22,23). The van der Waals surface area contributed by atoms with Crippen molar-refractivity contribution in [3.05, 3.63) is 0 Å². The number of piperidine rings is 1. The Morgan fingerprint density at radius 1 is 1.23 bits per heavy atom. The van der Waals surface area contributed by atoms with Crippen LogP contribution in [-0.2, 0) is 9.53 Å². The lowest BCUT2D eigenvalue weighted by Crippen LogP contribution is -2.71. The maximum Gasteiger partial charge on any atom is 0.233 e. The van der Waals surface area contributed by atoms with Gasteiger partial charge in [-0.2, -0.15) is 0 Å². The molecule has 0 aromatic heterocycles. The van der Waals surface area contributed by atoms with Gasteiger partial charge in [-0.05, 0) is 25.7 Å². The zero-order chi connectivity index (χ0) is 18.7. The van der Waals surface area contributed by atoms with E-state index >= 15 is 0 Å². The van der Waals surface area contributed by atoms with Crippen LogP contribution in [-0.4, -0.2) is 75.3 Å². The Morgan fingerprint density at radius 2 is 1.96 bits per heavy atom. The first-order valence-corrected chi connectivity index (χ1v) is 10.00. The van der Waals surface area contributed by atoms with Gasteiger partial charge in [-0.15, -0.1) is 0 Å². The molecule has 0 spiro atoms. The molecule has 3 atom stereocenters. The molecule has 7 heteroatoms. The molecule has 3 unspecified atom stereocenters. The number of amides is 1. The van der Waals surface area contributed by atoms with Crippen LogP contribution < -0.4 is 16.0 Å². The van der Waals surface area contributed by atoms with Gasteiger partial charge in [0.15, 0.2) is 5.96 Å². The third-order valence-electron chi connectivity index (χ3n) is 6.42. The quantitative estimate of drug-likeness (QED) is 0.501. The molecule has 3 fully saturated rings. The van der Waals surface area contributed by atoms with E-state index in [1.807, 2.05) is 7.05 Å². The number of guanidine groups is 1. The van der Waals surface area contributed by atoms with Gasteiger partial charge in [-0.25, -0.2) is 0 Å². The molecule has 3 aliphatic rings. The summed E-state index contributed by atoms with van der Waals surface area (Å²) in [4.78, 5) is 18.2. The van der Waals surface area contributed by atoms with Crippen LogP contribution in [0.1, 0.15) is 39.5 Å². The largest absolute Gasteiger partial charge is 0.377 e. The van der Waals surface area contributed by atoms with Crippen LogP contribution >= 0.6 is 0 Å². The summed E-state index contributed by atoms with van der Waals surface area (Å²) in [7, 11) is 3.53. The van der Waals surface area contributed by atoms with Crippen LogP contribution in [0.4, 0.5) is 0 Å². The molecular formula is C19H35N5O2. The van der Waals surface area contributed by atoms with Crippen LogP contribution in [0.3, 0.4) is 0 Å². The monoisotopic (exact) mass is 365 g/mol. The fourth-order valence-electron chi connectivity index (χ4n) is 4.84. The van der Waals surface area contributed by atoms with E-state index in [9.17, 15) is 4.79 Å². The number of nitrogens with one attached hydrogen (secondary N) is 3. The summed E-state index contributed by atoms with van der Waals surface area (Å²) >= 11 is 0. The molecule has 3 rings (SSSR count). The SMILES string of the molecule is CN=C(NC1CCN(CC(=O)NC)CC1)NC1C2CCCOC2C1(C)C. The molecule has 1 amide bonds. The molecule has 2 heterocycles. The van der Waals surface area contributed by atoms with Gasteiger partial charge < -0.3 is 20.7 Å². The first-order valence-electron chi connectivity index (χ1n) is 10.00. The Hall–Kier alpha value is -1.34. The third kappa shape index (κ3) is 3.98. The predicted octanol–water partition coefficient (Wildman–Crippen LogP) is 0.565. The Balaban J connectivity index is 1.48. The molecule has 2 aliphatic heterocycles. The minimum atomic E-state index is 0.0883. The minimum absolute atomic E-state index is 0.0883. The lowest BCUT2D eigenvalue weighted by Gasteiger charge is -2.60. The van der Waals surface area contributed by atoms with E-state index in [0.717, 1.165) is 44.9 Å². The summed E-state index contributed by atoms with van der Waals surface area (Å²) in [6.07, 6.45) is 4.83. The third-order valence-corrected chi connectivity index (χ3v) is 6.42. The minimum Gasteiger partial charge on any atom is -0.377 e. The predicted molar refractivity (Wildman–Crippen MR) is 103 cm³/mol. The smallest absolute Gasteiger partial charge is 0.233 e. The highest BCUT2D eigenvalue weighted by Crippen LogP contribution is 2.51. The topological polar surface area (TPSA) is 78.0 Å². The summed E-state index contributed by atoms with van der Waals surface area (Å²) in [6.45, 7) is 7.86. The van der Waals surface area contributed by atoms with E-state index in [2.05, 4.69) is 39.7 Å². The van der Waals surface area contributed by atoms with Crippen molar-refractivity contribution < 1.29 is 9.53 Å². The number of hydrogen-bond acceptors (Lipinski definition) is 4. The number of rotatable bonds is 4. The van der Waals surface area contributed by atoms with Crippen LogP contribution in [0.15, 0.2) is 4.99 Å². The molecule has 0 radical (unpaired) electrons. The zero-order valence-corrected chi connectivity index (χ0v) is 16.7. The number of aliphatic imine (C=N–C) groups is 1. The Bertz CT molecular complexity index is 528. The van der Waals surface area contributed by atoms with Gasteiger partial charge in [0.1, 0.15) is 0 Å². The van der Waals surface area contributed by atoms with Gasteiger partial charge in [-0.3, -0.25) is 14.7 Å². The maximum absolute atomic E-state index is 11.5. The van der Waals surface area contributed by atoms with Crippen molar-refractivity contribution in [2.75, 3.05) is 40.3 Å². The molecule has 26 heavy (non-hydrogen) atoms. The molecule has 2 saturated heterocycles. The number of likely N-dealkylation sites (N-methyl/N-ethyl adjacent to an activating group) is 1. The van der Waals surface area contributed by atoms with Crippen molar-refractivity contribution in [3.8, 4) is 0 Å². The normalized spacial score (nSPS) is 32.3. The second-order valence-corrected chi connectivity index (χ2v) is 8.48. The summed E-state index contributed by atoms with van der Waals surface area (Å²) in [5.41, 5.74) is 0.138. The maximum atomic E-state index is 11.5. The Kier molecular flexibility index (Phi) is 6.07. The molecule has 3 N–H and O–H groups in total. The highest BCUT2D eigenvalue weighted by Gasteiger charge is 2.58. The van der Waals surface area contributed by atoms with Crippen molar-refractivity contribution >= 4 is 11.9 Å². The van der Waals surface area contributed by atoms with E-state index in [0.29, 0.717) is 30.7 Å². The zero-order valence-electron chi connectivity index (χ0n) is 16.7. The Morgan fingerprint density at radius 3 is 2.62 bits per heavy atom. The van der Waals surface area contributed by atoms with Crippen molar-refractivity contribution in [3.63, 3.8) is 0 Å². The highest BCUT2D eigenvalue weighted by molar-refractivity contribution is 5.80. The Labute approximate surface area is 157 Å². The molecule has 1 saturated carbocycles. The first kappa shape index (κ1) is 19.4. The van der Waals surface area contributed by atoms with E-state index < -0.39 is 0 Å². The van der Waals surface area contributed by atoms with Gasteiger partial charge in [0, 0.05) is 57.2 Å². The van der Waals surface area contributed by atoms with Gasteiger partial charge in [0.05, 0.1) is 12.6 Å². The number of nitrogens with zero attached hydrogens (tertiary/aromatic N) is 2. The molecule has 148 valence electrons. The number of fused-ring (bicyclic) bond motifs is 1. The first-order chi connectivity index (χ1) is 12.5. The molecule has 0 bridgehead atoms. The molecule has 0 aromatic rings.